The Balaban J connectivity index is 0.00000256. The Kier molecular flexibility index (Phi) is 5.21. The number of hydrogen-bond acceptors (Lipinski definition) is 6. The third-order valence-corrected chi connectivity index (χ3v) is 7.33. The van der Waals surface area contributed by atoms with Gasteiger partial charge in [-0.1, -0.05) is 97.1 Å². The van der Waals surface area contributed by atoms with Gasteiger partial charge in [0.2, 0.25) is 0 Å². The Hall–Kier alpha value is -5.07. The van der Waals surface area contributed by atoms with Crippen molar-refractivity contribution in [2.45, 2.75) is 0 Å². The Morgan fingerprint density at radius 3 is 0.829 bits per heavy atom. The zero-order valence-electron chi connectivity index (χ0n) is 21.2. The van der Waals surface area contributed by atoms with E-state index < -0.39 is 0 Å². The normalized spacial score (nSPS) is 11.7. The van der Waals surface area contributed by atoms with E-state index in [1.807, 2.05) is 97.1 Å². The van der Waals surface area contributed by atoms with Crippen molar-refractivity contribution in [1.82, 2.24) is 39.9 Å². The molecule has 3 aromatic heterocycles. The smallest absolute Gasteiger partial charge is 0.357 e. The number of hydrogen-bond donors (Lipinski definition) is 0. The molecule has 0 N–H and O–H groups in total. The van der Waals surface area contributed by atoms with Crippen molar-refractivity contribution in [2.24, 2.45) is 0 Å². The summed E-state index contributed by atoms with van der Waals surface area (Å²) < 4.78 is 0. The zero-order chi connectivity index (χ0) is 26.2. The molecule has 0 aliphatic carbocycles. The first-order valence-electron chi connectivity index (χ1n) is 12.9. The SMILES string of the molecule is [Mo+4].c1ccc2c(c1)-c1nc-2nc2[n-]c(nc3nc(nc4[n-]c(n1)c1ccccc41)-c1ccccc1-3)c1ccccc21. The fourth-order valence-electron chi connectivity index (χ4n) is 5.46. The average molecular weight is 608 g/mol. The van der Waals surface area contributed by atoms with Crippen molar-refractivity contribution in [2.75, 3.05) is 0 Å². The van der Waals surface area contributed by atoms with Crippen LogP contribution in [0.3, 0.4) is 0 Å². The first-order valence-corrected chi connectivity index (χ1v) is 12.9. The van der Waals surface area contributed by atoms with Crippen LogP contribution in [0, 0.1) is 0 Å². The summed E-state index contributed by atoms with van der Waals surface area (Å²) in [5, 5.41) is 3.57. The van der Waals surface area contributed by atoms with E-state index in [1.54, 1.807) is 0 Å². The van der Waals surface area contributed by atoms with E-state index in [-0.39, 0.29) is 21.1 Å². The molecule has 8 bridgehead atoms. The maximum Gasteiger partial charge on any atom is 4.00 e. The van der Waals surface area contributed by atoms with Gasteiger partial charge in [0.15, 0.2) is 0 Å². The molecule has 0 spiro atoms. The second-order valence-corrected chi connectivity index (χ2v) is 9.67. The molecule has 2 aliphatic heterocycles. The maximum absolute atomic E-state index is 4.95. The van der Waals surface area contributed by atoms with Crippen LogP contribution in [-0.2, 0) is 21.1 Å². The summed E-state index contributed by atoms with van der Waals surface area (Å²) in [5.74, 6) is 2.21. The molecule has 9 rings (SSSR count). The third kappa shape index (κ3) is 3.57. The van der Waals surface area contributed by atoms with Crippen LogP contribution in [0.25, 0.3) is 89.7 Å². The minimum Gasteiger partial charge on any atom is -0.357 e. The van der Waals surface area contributed by atoms with Gasteiger partial charge in [0.05, 0.1) is 23.3 Å². The van der Waals surface area contributed by atoms with Crippen LogP contribution < -0.4 is 9.97 Å². The quantitative estimate of drug-likeness (QED) is 0.190. The molecule has 7 aromatic rings. The van der Waals surface area contributed by atoms with Crippen molar-refractivity contribution >= 4 is 44.1 Å². The van der Waals surface area contributed by atoms with Gasteiger partial charge in [-0.3, -0.25) is 0 Å². The van der Waals surface area contributed by atoms with Crippen LogP contribution in [-0.4, -0.2) is 29.9 Å². The van der Waals surface area contributed by atoms with E-state index in [2.05, 4.69) is 0 Å². The molecular weight excluding hydrogens is 592 g/mol. The van der Waals surface area contributed by atoms with E-state index in [1.165, 1.54) is 0 Å². The fraction of sp³-hybridized carbons (Fsp3) is 0. The van der Waals surface area contributed by atoms with Crippen LogP contribution in [0.2, 0.25) is 0 Å². The molecule has 0 atom stereocenters. The van der Waals surface area contributed by atoms with E-state index in [4.69, 9.17) is 39.9 Å². The minimum absolute atomic E-state index is 0. The number of fused-ring (bicyclic) bond motifs is 20. The van der Waals surface area contributed by atoms with Gasteiger partial charge in [0.1, 0.15) is 0 Å². The molecule has 188 valence electrons. The van der Waals surface area contributed by atoms with Crippen molar-refractivity contribution in [1.29, 1.82) is 0 Å². The summed E-state index contributed by atoms with van der Waals surface area (Å²) in [7, 11) is 0. The molecule has 4 aromatic carbocycles. The molecule has 0 unspecified atom stereocenters. The molecule has 41 heavy (non-hydrogen) atoms. The first-order chi connectivity index (χ1) is 19.8. The predicted octanol–water partition coefficient (Wildman–Crippen LogP) is 6.12. The molecule has 8 nitrogen and oxygen atoms in total. The van der Waals surface area contributed by atoms with Crippen LogP contribution in [0.1, 0.15) is 0 Å². The van der Waals surface area contributed by atoms with E-state index >= 15 is 0 Å². The van der Waals surface area contributed by atoms with Gasteiger partial charge < -0.3 is 29.9 Å². The van der Waals surface area contributed by atoms with Crippen LogP contribution in [0.4, 0.5) is 0 Å². The predicted molar refractivity (Wildman–Crippen MR) is 154 cm³/mol. The summed E-state index contributed by atoms with van der Waals surface area (Å²) in [6.45, 7) is 0. The molecule has 2 aliphatic rings. The average Bonchev–Trinajstić information content (AvgIpc) is 3.73. The first kappa shape index (κ1) is 23.8. The summed E-state index contributed by atoms with van der Waals surface area (Å²) in [6, 6.07) is 31.8. The monoisotopic (exact) mass is 610 g/mol. The Bertz CT molecular complexity index is 2030. The van der Waals surface area contributed by atoms with Gasteiger partial charge >= 0.3 is 21.1 Å². The molecule has 0 radical (unpaired) electrons. The van der Waals surface area contributed by atoms with E-state index in [0.29, 0.717) is 45.9 Å². The number of nitrogens with zero attached hydrogens (tertiary/aromatic N) is 8. The largest absolute Gasteiger partial charge is 4.00 e. The van der Waals surface area contributed by atoms with Gasteiger partial charge in [-0.05, 0) is 21.5 Å². The van der Waals surface area contributed by atoms with Crippen molar-refractivity contribution in [3.63, 3.8) is 0 Å². The van der Waals surface area contributed by atoms with Gasteiger partial charge in [-0.15, -0.1) is 0 Å². The topological polar surface area (TPSA) is 106 Å². The van der Waals surface area contributed by atoms with Gasteiger partial charge in [-0.25, -0.2) is 9.97 Å². The second kappa shape index (κ2) is 8.98. The Morgan fingerprint density at radius 1 is 0.317 bits per heavy atom. The molecular formula is C32H16MoN8+2. The van der Waals surface area contributed by atoms with Crippen molar-refractivity contribution < 1.29 is 21.1 Å². The van der Waals surface area contributed by atoms with Gasteiger partial charge in [0.25, 0.3) is 0 Å². The standard InChI is InChI=1S/C32H16N8.Mo/c1-2-10-18-17(9-1)25-33-26(18)38-28-21-13-5-6-14-22(21)30(35-28)40-32-24-16-8-7-15-23(24)31(36-32)39-29-20-12-4-3-11-19(20)27(34-29)37-25;/h1-16H;/q-2;+4. The van der Waals surface area contributed by atoms with E-state index in [9.17, 15) is 0 Å². The number of aromatic nitrogens is 8. The summed E-state index contributed by atoms with van der Waals surface area (Å²) in [4.78, 5) is 39.3. The molecule has 0 saturated heterocycles. The minimum atomic E-state index is 0. The summed E-state index contributed by atoms with van der Waals surface area (Å²) in [5.41, 5.74) is 5.78. The van der Waals surface area contributed by atoms with Crippen LogP contribution in [0.5, 0.6) is 0 Å². The second-order valence-electron chi connectivity index (χ2n) is 9.67. The van der Waals surface area contributed by atoms with E-state index in [0.717, 1.165) is 43.8 Å². The number of benzene rings is 4. The summed E-state index contributed by atoms with van der Waals surface area (Å²) >= 11 is 0. The third-order valence-electron chi connectivity index (χ3n) is 7.33. The molecule has 0 fully saturated rings. The molecule has 0 saturated carbocycles. The fourth-order valence-corrected chi connectivity index (χ4v) is 5.46. The Morgan fingerprint density at radius 2 is 0.561 bits per heavy atom. The molecule has 9 heteroatoms. The number of rotatable bonds is 0. The van der Waals surface area contributed by atoms with Gasteiger partial charge in [0, 0.05) is 44.8 Å². The zero-order valence-corrected chi connectivity index (χ0v) is 23.2. The maximum atomic E-state index is 4.95. The van der Waals surface area contributed by atoms with Crippen LogP contribution in [0.15, 0.2) is 97.1 Å². The molecule has 5 heterocycles. The summed E-state index contributed by atoms with van der Waals surface area (Å²) in [6.07, 6.45) is 0. The van der Waals surface area contributed by atoms with Crippen molar-refractivity contribution in [3.05, 3.63) is 97.1 Å². The Labute approximate surface area is 246 Å². The van der Waals surface area contributed by atoms with Crippen molar-refractivity contribution in [3.8, 4) is 45.6 Å². The van der Waals surface area contributed by atoms with Crippen LogP contribution >= 0.6 is 0 Å². The van der Waals surface area contributed by atoms with Gasteiger partial charge in [-0.2, -0.15) is 0 Å². The molecule has 0 amide bonds.